The minimum atomic E-state index is 0.878. The van der Waals surface area contributed by atoms with Crippen LogP contribution in [0.5, 0.6) is 0 Å². The van der Waals surface area contributed by atoms with Crippen molar-refractivity contribution in [2.45, 2.75) is 38.8 Å². The lowest BCUT2D eigenvalue weighted by atomic mass is 9.53. The van der Waals surface area contributed by atoms with Gasteiger partial charge >= 0.3 is 0 Å². The van der Waals surface area contributed by atoms with Crippen LogP contribution in [0.25, 0.3) is 0 Å². The summed E-state index contributed by atoms with van der Waals surface area (Å²) in [7, 11) is 2.45. The highest BCUT2D eigenvalue weighted by molar-refractivity contribution is 6.37. The van der Waals surface area contributed by atoms with Crippen LogP contribution in [0.1, 0.15) is 26.7 Å². The Kier molecular flexibility index (Phi) is 1.98. The first kappa shape index (κ1) is 6.19. The zero-order chi connectivity index (χ0) is 5.98. The van der Waals surface area contributed by atoms with Gasteiger partial charge in [0.05, 0.1) is 0 Å². The second-order valence-corrected chi connectivity index (χ2v) is 3.00. The van der Waals surface area contributed by atoms with Crippen LogP contribution >= 0.6 is 0 Å². The predicted octanol–water partition coefficient (Wildman–Crippen LogP) is 2.35. The molecule has 0 spiro atoms. The molecule has 45 valence electrons. The second kappa shape index (κ2) is 2.57. The summed E-state index contributed by atoms with van der Waals surface area (Å²) in [6.07, 6.45) is 4.22. The van der Waals surface area contributed by atoms with Gasteiger partial charge in [-0.05, 0) is 5.92 Å². The van der Waals surface area contributed by atoms with E-state index >= 15 is 0 Å². The monoisotopic (exact) mass is 109 g/mol. The third kappa shape index (κ3) is 1.27. The highest BCUT2D eigenvalue weighted by atomic mass is 14.1. The molecule has 0 nitrogen and oxygen atoms in total. The van der Waals surface area contributed by atoms with Crippen molar-refractivity contribution in [3.05, 3.63) is 0 Å². The summed E-state index contributed by atoms with van der Waals surface area (Å²) in [6, 6.07) is 0. The van der Waals surface area contributed by atoms with Crippen LogP contribution in [0.4, 0.5) is 0 Å². The molecule has 1 radical (unpaired) electrons. The lowest BCUT2D eigenvalue weighted by Crippen LogP contribution is -2.14. The van der Waals surface area contributed by atoms with Crippen LogP contribution in [0.15, 0.2) is 0 Å². The quantitative estimate of drug-likeness (QED) is 0.419. The van der Waals surface area contributed by atoms with E-state index in [9.17, 15) is 0 Å². The molecule has 0 aromatic rings. The van der Waals surface area contributed by atoms with E-state index in [1.807, 2.05) is 0 Å². The zero-order valence-electron chi connectivity index (χ0n) is 5.85. The summed E-state index contributed by atoms with van der Waals surface area (Å²) in [5.41, 5.74) is 0. The van der Waals surface area contributed by atoms with Gasteiger partial charge in [-0.25, -0.2) is 0 Å². The molecular formula is C7H14B. The molecule has 1 rings (SSSR count). The summed E-state index contributed by atoms with van der Waals surface area (Å²) in [5, 5.41) is 0. The van der Waals surface area contributed by atoms with Crippen LogP contribution in [0.3, 0.4) is 0 Å². The standard InChI is InChI=1S/C7H14B/c1-6-4-3-5-8-7(6)2/h6-7H,3-5H2,1-2H3. The number of rotatable bonds is 0. The van der Waals surface area contributed by atoms with Crippen LogP contribution < -0.4 is 0 Å². The van der Waals surface area contributed by atoms with Crippen molar-refractivity contribution < 1.29 is 0 Å². The Morgan fingerprint density at radius 3 is 2.50 bits per heavy atom. The molecule has 0 saturated carbocycles. The van der Waals surface area contributed by atoms with Gasteiger partial charge in [0.15, 0.2) is 0 Å². The Labute approximate surface area is 52.9 Å². The van der Waals surface area contributed by atoms with Crippen LogP contribution in [0, 0.1) is 5.92 Å². The summed E-state index contributed by atoms with van der Waals surface area (Å²) in [5.74, 6) is 1.83. The molecule has 1 heterocycles. The maximum Gasteiger partial charge on any atom is 0.113 e. The van der Waals surface area contributed by atoms with Gasteiger partial charge in [0.2, 0.25) is 0 Å². The maximum atomic E-state index is 2.45. The van der Waals surface area contributed by atoms with E-state index in [2.05, 4.69) is 21.1 Å². The number of hydrogen-bond acceptors (Lipinski definition) is 0. The minimum absolute atomic E-state index is 0.878. The summed E-state index contributed by atoms with van der Waals surface area (Å²) < 4.78 is 0. The zero-order valence-corrected chi connectivity index (χ0v) is 5.85. The second-order valence-electron chi connectivity index (χ2n) is 3.00. The SMILES string of the molecule is CC1[B]CCCC1C. The molecule has 1 heteroatoms. The van der Waals surface area contributed by atoms with Gasteiger partial charge in [0.25, 0.3) is 0 Å². The van der Waals surface area contributed by atoms with E-state index in [1.54, 1.807) is 0 Å². The van der Waals surface area contributed by atoms with Crippen LogP contribution in [-0.4, -0.2) is 7.28 Å². The maximum absolute atomic E-state index is 2.45. The fourth-order valence-corrected chi connectivity index (χ4v) is 1.32. The molecule has 1 saturated heterocycles. The van der Waals surface area contributed by atoms with Crippen molar-refractivity contribution in [3.63, 3.8) is 0 Å². The third-order valence-electron chi connectivity index (χ3n) is 2.30. The first-order chi connectivity index (χ1) is 3.80. The van der Waals surface area contributed by atoms with Gasteiger partial charge in [0, 0.05) is 0 Å². The van der Waals surface area contributed by atoms with Crippen molar-refractivity contribution in [1.82, 2.24) is 0 Å². The van der Waals surface area contributed by atoms with Gasteiger partial charge in [-0.15, -0.1) is 0 Å². The summed E-state index contributed by atoms with van der Waals surface area (Å²) in [6.45, 7) is 4.67. The van der Waals surface area contributed by atoms with E-state index in [0.717, 1.165) is 11.7 Å². The van der Waals surface area contributed by atoms with Gasteiger partial charge in [-0.2, -0.15) is 0 Å². The van der Waals surface area contributed by atoms with Gasteiger partial charge in [-0.1, -0.05) is 38.8 Å². The Morgan fingerprint density at radius 1 is 1.38 bits per heavy atom. The van der Waals surface area contributed by atoms with E-state index in [-0.39, 0.29) is 0 Å². The molecule has 0 N–H and O–H groups in total. The highest BCUT2D eigenvalue weighted by Gasteiger charge is 2.16. The fourth-order valence-electron chi connectivity index (χ4n) is 1.32. The highest BCUT2D eigenvalue weighted by Crippen LogP contribution is 2.28. The molecule has 1 fully saturated rings. The Morgan fingerprint density at radius 2 is 2.12 bits per heavy atom. The first-order valence-corrected chi connectivity index (χ1v) is 3.64. The minimum Gasteiger partial charge on any atom is -0.0799 e. The summed E-state index contributed by atoms with van der Waals surface area (Å²) in [4.78, 5) is 0. The van der Waals surface area contributed by atoms with Crippen LogP contribution in [0.2, 0.25) is 12.1 Å². The van der Waals surface area contributed by atoms with Crippen molar-refractivity contribution in [2.24, 2.45) is 5.92 Å². The topological polar surface area (TPSA) is 0 Å². The molecule has 0 bridgehead atoms. The van der Waals surface area contributed by atoms with Gasteiger partial charge in [-0.3, -0.25) is 0 Å². The largest absolute Gasteiger partial charge is 0.113 e. The third-order valence-corrected chi connectivity index (χ3v) is 2.30. The Balaban J connectivity index is 2.28. The molecular weight excluding hydrogens is 94.9 g/mol. The average Bonchev–Trinajstić information content (AvgIpc) is 1.77. The molecule has 0 aromatic carbocycles. The molecule has 0 amide bonds. The molecule has 8 heavy (non-hydrogen) atoms. The number of hydrogen-bond donors (Lipinski definition) is 0. The van der Waals surface area contributed by atoms with E-state index in [4.69, 9.17) is 0 Å². The van der Waals surface area contributed by atoms with Gasteiger partial charge in [0.1, 0.15) is 7.28 Å². The molecule has 2 unspecified atom stereocenters. The first-order valence-electron chi connectivity index (χ1n) is 3.64. The van der Waals surface area contributed by atoms with Crippen molar-refractivity contribution in [3.8, 4) is 0 Å². The van der Waals surface area contributed by atoms with Crippen LogP contribution in [-0.2, 0) is 0 Å². The van der Waals surface area contributed by atoms with E-state index < -0.39 is 0 Å². The van der Waals surface area contributed by atoms with Crippen molar-refractivity contribution in [1.29, 1.82) is 0 Å². The normalized spacial score (nSPS) is 38.8. The van der Waals surface area contributed by atoms with Crippen molar-refractivity contribution >= 4 is 7.28 Å². The predicted molar refractivity (Wildman–Crippen MR) is 38.4 cm³/mol. The molecule has 0 aromatic heterocycles. The van der Waals surface area contributed by atoms with Crippen molar-refractivity contribution in [2.75, 3.05) is 0 Å². The molecule has 1 aliphatic heterocycles. The lowest BCUT2D eigenvalue weighted by molar-refractivity contribution is 0.482. The lowest BCUT2D eigenvalue weighted by Gasteiger charge is -2.23. The average molecular weight is 109 g/mol. The van der Waals surface area contributed by atoms with E-state index in [1.165, 1.54) is 19.2 Å². The smallest absolute Gasteiger partial charge is 0.0799 e. The molecule has 0 aliphatic carbocycles. The Bertz CT molecular complexity index is 60.8. The summed E-state index contributed by atoms with van der Waals surface area (Å²) >= 11 is 0. The van der Waals surface area contributed by atoms with E-state index in [0.29, 0.717) is 0 Å². The molecule has 2 atom stereocenters. The van der Waals surface area contributed by atoms with Gasteiger partial charge < -0.3 is 0 Å². The molecule has 1 aliphatic rings. The fraction of sp³-hybridized carbons (Fsp3) is 1.00. The Hall–Kier alpha value is 0.0649.